The minimum atomic E-state index is -0.256. The summed E-state index contributed by atoms with van der Waals surface area (Å²) < 4.78 is 17.1. The number of unbranched alkanes of at least 4 members (excludes halogenated alkanes) is 6. The average molecular weight is 376 g/mol. The first-order valence-electron chi connectivity index (χ1n) is 10.2. The first-order valence-corrected chi connectivity index (χ1v) is 10.2. The molecule has 1 aromatic carbocycles. The first kappa shape index (κ1) is 21.1. The maximum Gasteiger partial charge on any atom is 0.294 e. The molecule has 2 rings (SSSR count). The summed E-state index contributed by atoms with van der Waals surface area (Å²) in [5, 5.41) is 0.837. The normalized spacial score (nSPS) is 10.9. The lowest BCUT2D eigenvalue weighted by Crippen LogP contribution is -2.15. The lowest BCUT2D eigenvalue weighted by atomic mass is 10.1. The van der Waals surface area contributed by atoms with E-state index in [9.17, 15) is 4.79 Å². The third kappa shape index (κ3) is 6.19. The monoisotopic (exact) mass is 375 g/mol. The highest BCUT2D eigenvalue weighted by Crippen LogP contribution is 2.33. The van der Waals surface area contributed by atoms with Crippen LogP contribution in [0.3, 0.4) is 0 Å². The Hall–Kier alpha value is -2.17. The van der Waals surface area contributed by atoms with Crippen molar-refractivity contribution in [3.05, 3.63) is 28.6 Å². The van der Waals surface area contributed by atoms with Crippen molar-refractivity contribution in [2.75, 3.05) is 20.3 Å². The number of H-pyrrole nitrogens is 1. The highest BCUT2D eigenvalue weighted by atomic mass is 16.5. The van der Waals surface area contributed by atoms with Gasteiger partial charge < -0.3 is 19.2 Å². The predicted octanol–water partition coefficient (Wildman–Crippen LogP) is 5.45. The molecule has 5 heteroatoms. The lowest BCUT2D eigenvalue weighted by Gasteiger charge is -2.15. The van der Waals surface area contributed by atoms with Crippen molar-refractivity contribution in [3.63, 3.8) is 0 Å². The molecule has 0 aliphatic carbocycles. The summed E-state index contributed by atoms with van der Waals surface area (Å²) in [7, 11) is 1.61. The minimum Gasteiger partial charge on any atom is -0.497 e. The van der Waals surface area contributed by atoms with E-state index < -0.39 is 0 Å². The van der Waals surface area contributed by atoms with E-state index in [0.717, 1.165) is 31.1 Å². The van der Waals surface area contributed by atoms with Gasteiger partial charge in [-0.3, -0.25) is 4.79 Å². The van der Waals surface area contributed by atoms with Gasteiger partial charge in [0.25, 0.3) is 5.56 Å². The van der Waals surface area contributed by atoms with E-state index in [-0.39, 0.29) is 11.3 Å². The van der Waals surface area contributed by atoms with Crippen molar-refractivity contribution in [2.24, 2.45) is 0 Å². The Kier molecular flexibility index (Phi) is 9.02. The smallest absolute Gasteiger partial charge is 0.294 e. The molecule has 5 nitrogen and oxygen atoms in total. The summed E-state index contributed by atoms with van der Waals surface area (Å²) in [4.78, 5) is 15.5. The second kappa shape index (κ2) is 11.5. The molecule has 27 heavy (non-hydrogen) atoms. The molecule has 0 amide bonds. The Morgan fingerprint density at radius 3 is 2.26 bits per heavy atom. The molecule has 0 aliphatic rings. The van der Waals surface area contributed by atoms with Gasteiger partial charge in [0.2, 0.25) is 5.75 Å². The Balaban J connectivity index is 2.15. The number of methoxy groups -OCH3 is 1. The Morgan fingerprint density at radius 1 is 0.852 bits per heavy atom. The SMILES string of the molecule is CCCCCCCCOc1c(OCCCC)c2ccc(OC)cc2[nH]c1=O. The largest absolute Gasteiger partial charge is 0.497 e. The van der Waals surface area contributed by atoms with Gasteiger partial charge in [-0.05, 0) is 25.0 Å². The molecule has 150 valence electrons. The molecule has 1 N–H and O–H groups in total. The van der Waals surface area contributed by atoms with Gasteiger partial charge in [0.1, 0.15) is 5.75 Å². The predicted molar refractivity (Wildman–Crippen MR) is 110 cm³/mol. The number of fused-ring (bicyclic) bond motifs is 1. The summed E-state index contributed by atoms with van der Waals surface area (Å²) in [5.41, 5.74) is 0.436. The summed E-state index contributed by atoms with van der Waals surface area (Å²) in [6.45, 7) is 5.42. The topological polar surface area (TPSA) is 60.6 Å². The Labute approximate surface area is 162 Å². The fraction of sp³-hybridized carbons (Fsp3) is 0.591. The summed E-state index contributed by atoms with van der Waals surface area (Å²) in [6, 6.07) is 5.58. The molecule has 0 saturated carbocycles. The third-order valence-corrected chi connectivity index (χ3v) is 4.62. The van der Waals surface area contributed by atoms with Crippen LogP contribution in [-0.2, 0) is 0 Å². The molecular formula is C22H33NO4. The zero-order valence-electron chi connectivity index (χ0n) is 16.9. The Morgan fingerprint density at radius 2 is 1.52 bits per heavy atom. The second-order valence-electron chi connectivity index (χ2n) is 6.84. The van der Waals surface area contributed by atoms with Crippen molar-refractivity contribution >= 4 is 10.9 Å². The van der Waals surface area contributed by atoms with E-state index in [1.807, 2.05) is 12.1 Å². The maximum absolute atomic E-state index is 12.6. The van der Waals surface area contributed by atoms with E-state index in [2.05, 4.69) is 18.8 Å². The van der Waals surface area contributed by atoms with E-state index in [4.69, 9.17) is 14.2 Å². The molecule has 2 aromatic rings. The van der Waals surface area contributed by atoms with Crippen LogP contribution in [-0.4, -0.2) is 25.3 Å². The molecule has 0 fully saturated rings. The van der Waals surface area contributed by atoms with Crippen LogP contribution in [0.5, 0.6) is 17.2 Å². The molecule has 0 spiro atoms. The maximum atomic E-state index is 12.6. The molecule has 1 aromatic heterocycles. The number of nitrogens with one attached hydrogen (secondary N) is 1. The van der Waals surface area contributed by atoms with E-state index in [1.54, 1.807) is 13.2 Å². The molecule has 0 unspecified atom stereocenters. The lowest BCUT2D eigenvalue weighted by molar-refractivity contribution is 0.259. The van der Waals surface area contributed by atoms with Crippen LogP contribution in [0.4, 0.5) is 0 Å². The van der Waals surface area contributed by atoms with Crippen molar-refractivity contribution in [1.29, 1.82) is 0 Å². The fourth-order valence-corrected chi connectivity index (χ4v) is 3.01. The van der Waals surface area contributed by atoms with Crippen LogP contribution in [0.25, 0.3) is 10.9 Å². The molecule has 0 bridgehead atoms. The number of hydrogen-bond donors (Lipinski definition) is 1. The quantitative estimate of drug-likeness (QED) is 0.473. The highest BCUT2D eigenvalue weighted by molar-refractivity contribution is 5.88. The zero-order valence-corrected chi connectivity index (χ0v) is 16.9. The summed E-state index contributed by atoms with van der Waals surface area (Å²) in [5.74, 6) is 1.52. The highest BCUT2D eigenvalue weighted by Gasteiger charge is 2.16. The number of aromatic amines is 1. The summed E-state index contributed by atoms with van der Waals surface area (Å²) >= 11 is 0. The van der Waals surface area contributed by atoms with Crippen LogP contribution in [0.1, 0.15) is 65.2 Å². The van der Waals surface area contributed by atoms with Gasteiger partial charge in [0, 0.05) is 11.5 Å². The van der Waals surface area contributed by atoms with Crippen LogP contribution in [0.2, 0.25) is 0 Å². The molecule has 1 heterocycles. The average Bonchev–Trinajstić information content (AvgIpc) is 2.68. The van der Waals surface area contributed by atoms with E-state index >= 15 is 0 Å². The molecule has 0 saturated heterocycles. The standard InChI is InChI=1S/C22H33NO4/c1-4-6-8-9-10-11-15-27-21-20(26-14-7-5-2)18-13-12-17(25-3)16-19(18)23-22(21)24/h12-13,16H,4-11,14-15H2,1-3H3,(H,23,24). The van der Waals surface area contributed by atoms with E-state index in [0.29, 0.717) is 30.2 Å². The molecule has 0 radical (unpaired) electrons. The minimum absolute atomic E-state index is 0.256. The first-order chi connectivity index (χ1) is 13.2. The molecular weight excluding hydrogens is 342 g/mol. The van der Waals surface area contributed by atoms with Crippen LogP contribution < -0.4 is 19.8 Å². The van der Waals surface area contributed by atoms with Crippen LogP contribution in [0.15, 0.2) is 23.0 Å². The Bertz CT molecular complexity index is 754. The van der Waals surface area contributed by atoms with Gasteiger partial charge in [-0.1, -0.05) is 52.4 Å². The number of ether oxygens (including phenoxy) is 3. The van der Waals surface area contributed by atoms with Gasteiger partial charge in [0.15, 0.2) is 5.75 Å². The van der Waals surface area contributed by atoms with Gasteiger partial charge in [-0.15, -0.1) is 0 Å². The number of benzene rings is 1. The van der Waals surface area contributed by atoms with Gasteiger partial charge in [-0.25, -0.2) is 0 Å². The number of hydrogen-bond acceptors (Lipinski definition) is 4. The molecule has 0 aliphatic heterocycles. The van der Waals surface area contributed by atoms with E-state index in [1.165, 1.54) is 25.7 Å². The number of rotatable bonds is 13. The zero-order chi connectivity index (χ0) is 19.5. The van der Waals surface area contributed by atoms with Crippen molar-refractivity contribution in [1.82, 2.24) is 4.98 Å². The summed E-state index contributed by atoms with van der Waals surface area (Å²) in [6.07, 6.45) is 9.03. The third-order valence-electron chi connectivity index (χ3n) is 4.62. The van der Waals surface area contributed by atoms with Gasteiger partial charge >= 0.3 is 0 Å². The van der Waals surface area contributed by atoms with Crippen molar-refractivity contribution in [2.45, 2.75) is 65.2 Å². The van der Waals surface area contributed by atoms with Gasteiger partial charge in [0.05, 0.1) is 25.8 Å². The van der Waals surface area contributed by atoms with Crippen molar-refractivity contribution in [3.8, 4) is 17.2 Å². The second-order valence-corrected chi connectivity index (χ2v) is 6.84. The fourth-order valence-electron chi connectivity index (χ4n) is 3.01. The van der Waals surface area contributed by atoms with Gasteiger partial charge in [-0.2, -0.15) is 0 Å². The molecule has 0 atom stereocenters. The number of pyridine rings is 1. The van der Waals surface area contributed by atoms with Crippen molar-refractivity contribution < 1.29 is 14.2 Å². The van der Waals surface area contributed by atoms with Crippen LogP contribution >= 0.6 is 0 Å². The van der Waals surface area contributed by atoms with Crippen LogP contribution in [0, 0.1) is 0 Å². The number of aromatic nitrogens is 1.